The Morgan fingerprint density at radius 2 is 1.86 bits per heavy atom. The molecule has 42 heavy (non-hydrogen) atoms. The average molecular weight is 583 g/mol. The lowest BCUT2D eigenvalue weighted by Gasteiger charge is -2.08. The van der Waals surface area contributed by atoms with Gasteiger partial charge in [-0.3, -0.25) is 14.9 Å². The van der Waals surface area contributed by atoms with Crippen molar-refractivity contribution in [2.45, 2.75) is 19.8 Å². The van der Waals surface area contributed by atoms with Crippen LogP contribution in [0.2, 0.25) is 0 Å². The van der Waals surface area contributed by atoms with E-state index < -0.39 is 15.7 Å². The molecular formula is C31H27FN6O3S. The fraction of sp³-hybridized carbons (Fsp3) is 0.161. The molecule has 0 aliphatic rings. The number of aromatic amines is 2. The van der Waals surface area contributed by atoms with Crippen LogP contribution in [0.3, 0.4) is 0 Å². The topological polar surface area (TPSA) is 133 Å². The zero-order valence-electron chi connectivity index (χ0n) is 22.9. The van der Waals surface area contributed by atoms with E-state index in [1.54, 1.807) is 19.3 Å². The number of halogens is 1. The fourth-order valence-electron chi connectivity index (χ4n) is 4.93. The number of sulfone groups is 1. The van der Waals surface area contributed by atoms with Crippen molar-refractivity contribution >= 4 is 43.4 Å². The van der Waals surface area contributed by atoms with Gasteiger partial charge in [-0.05, 0) is 65.6 Å². The highest BCUT2D eigenvalue weighted by atomic mass is 32.2. The molecule has 212 valence electrons. The van der Waals surface area contributed by atoms with Gasteiger partial charge in [-0.15, -0.1) is 0 Å². The standard InChI is InChI=1S/C31H27FN6O3S/c1-3-29(39)34-22-14-20(16-33-17-22)25-7-8-27-30(36-25)31(38-37-27)28-15-24-23(5-4-6-26(24)35-28)19-11-18(12-21(32)13-19)9-10-42(2,40)41/h4-8,11-17,35H,3,9-10H2,1-2H3,(H,34,39)(H,37,38). The van der Waals surface area contributed by atoms with E-state index in [0.29, 0.717) is 40.1 Å². The third-order valence-electron chi connectivity index (χ3n) is 7.00. The molecule has 0 atom stereocenters. The number of aromatic nitrogens is 5. The summed E-state index contributed by atoms with van der Waals surface area (Å²) < 4.78 is 37.9. The molecule has 0 fully saturated rings. The summed E-state index contributed by atoms with van der Waals surface area (Å²) in [7, 11) is -3.18. The molecule has 0 radical (unpaired) electrons. The summed E-state index contributed by atoms with van der Waals surface area (Å²) in [5, 5.41) is 11.3. The van der Waals surface area contributed by atoms with Crippen LogP contribution in [-0.2, 0) is 21.1 Å². The number of carbonyl (C=O) groups excluding carboxylic acids is 1. The Morgan fingerprint density at radius 1 is 1.00 bits per heavy atom. The van der Waals surface area contributed by atoms with Crippen LogP contribution in [-0.4, -0.2) is 51.5 Å². The van der Waals surface area contributed by atoms with Crippen molar-refractivity contribution < 1.29 is 17.6 Å². The molecule has 0 saturated heterocycles. The van der Waals surface area contributed by atoms with Gasteiger partial charge in [-0.2, -0.15) is 5.10 Å². The van der Waals surface area contributed by atoms with Crippen molar-refractivity contribution in [3.8, 4) is 33.8 Å². The van der Waals surface area contributed by atoms with E-state index >= 15 is 0 Å². The van der Waals surface area contributed by atoms with E-state index in [1.807, 2.05) is 48.5 Å². The number of pyridine rings is 2. The first kappa shape index (κ1) is 27.3. The van der Waals surface area contributed by atoms with E-state index in [0.717, 1.165) is 33.2 Å². The first-order chi connectivity index (χ1) is 20.2. The van der Waals surface area contributed by atoms with E-state index in [4.69, 9.17) is 4.98 Å². The fourth-order valence-corrected chi connectivity index (χ4v) is 5.54. The number of amides is 1. The molecule has 4 aromatic heterocycles. The van der Waals surface area contributed by atoms with Gasteiger partial charge in [0.2, 0.25) is 5.91 Å². The van der Waals surface area contributed by atoms with Crippen molar-refractivity contribution in [3.05, 3.63) is 84.4 Å². The number of fused-ring (bicyclic) bond motifs is 2. The molecule has 2 aromatic carbocycles. The van der Waals surface area contributed by atoms with E-state index in [9.17, 15) is 17.6 Å². The molecular weight excluding hydrogens is 555 g/mol. The van der Waals surface area contributed by atoms with Crippen LogP contribution in [0.15, 0.2) is 73.1 Å². The molecule has 6 aromatic rings. The zero-order valence-corrected chi connectivity index (χ0v) is 23.7. The van der Waals surface area contributed by atoms with Crippen molar-refractivity contribution in [1.82, 2.24) is 25.1 Å². The van der Waals surface area contributed by atoms with Gasteiger partial charge in [0.15, 0.2) is 0 Å². The van der Waals surface area contributed by atoms with Gasteiger partial charge >= 0.3 is 0 Å². The van der Waals surface area contributed by atoms with Gasteiger partial charge in [0, 0.05) is 35.3 Å². The molecule has 0 bridgehead atoms. The Kier molecular flexibility index (Phi) is 7.03. The van der Waals surface area contributed by atoms with Gasteiger partial charge in [-0.1, -0.05) is 25.1 Å². The van der Waals surface area contributed by atoms with Gasteiger partial charge in [0.05, 0.1) is 34.5 Å². The minimum absolute atomic E-state index is 0.0522. The number of hydrogen-bond donors (Lipinski definition) is 3. The Hall–Kier alpha value is -4.90. The predicted octanol–water partition coefficient (Wildman–Crippen LogP) is 5.91. The predicted molar refractivity (Wildman–Crippen MR) is 162 cm³/mol. The van der Waals surface area contributed by atoms with Crippen LogP contribution in [0.5, 0.6) is 0 Å². The second-order valence-electron chi connectivity index (χ2n) is 10.2. The highest BCUT2D eigenvalue weighted by Crippen LogP contribution is 2.35. The molecule has 4 heterocycles. The number of benzene rings is 2. The van der Waals surface area contributed by atoms with Crippen LogP contribution < -0.4 is 5.32 Å². The van der Waals surface area contributed by atoms with Gasteiger partial charge in [0.1, 0.15) is 26.9 Å². The van der Waals surface area contributed by atoms with Gasteiger partial charge < -0.3 is 10.3 Å². The Bertz CT molecular complexity index is 2080. The lowest BCUT2D eigenvalue weighted by Crippen LogP contribution is -2.09. The van der Waals surface area contributed by atoms with E-state index in [-0.39, 0.29) is 18.1 Å². The zero-order chi connectivity index (χ0) is 29.4. The minimum Gasteiger partial charge on any atom is -0.353 e. The van der Waals surface area contributed by atoms with Crippen LogP contribution in [0.1, 0.15) is 18.9 Å². The Labute approximate surface area is 241 Å². The van der Waals surface area contributed by atoms with E-state index in [2.05, 4.69) is 25.5 Å². The second-order valence-corrected chi connectivity index (χ2v) is 12.5. The van der Waals surface area contributed by atoms with Crippen molar-refractivity contribution in [2.24, 2.45) is 0 Å². The van der Waals surface area contributed by atoms with Crippen LogP contribution in [0.4, 0.5) is 10.1 Å². The summed E-state index contributed by atoms with van der Waals surface area (Å²) in [6.07, 6.45) is 5.05. The largest absolute Gasteiger partial charge is 0.353 e. The summed E-state index contributed by atoms with van der Waals surface area (Å²) in [5.41, 5.74) is 7.66. The molecule has 9 nitrogen and oxygen atoms in total. The molecule has 11 heteroatoms. The first-order valence-electron chi connectivity index (χ1n) is 13.4. The molecule has 6 rings (SSSR count). The SMILES string of the molecule is CCC(=O)Nc1cncc(-c2ccc3[nH]nc(-c4cc5c(-c6cc(F)cc(CCS(C)(=O)=O)c6)cccc5[nH]4)c3n2)c1. The number of nitrogens with zero attached hydrogens (tertiary/aromatic N) is 3. The second kappa shape index (κ2) is 10.8. The molecule has 0 aliphatic heterocycles. The molecule has 0 unspecified atom stereocenters. The van der Waals surface area contributed by atoms with Gasteiger partial charge in [-0.25, -0.2) is 17.8 Å². The molecule has 0 aliphatic carbocycles. The van der Waals surface area contributed by atoms with Crippen molar-refractivity contribution in [2.75, 3.05) is 17.3 Å². The number of carbonyl (C=O) groups is 1. The lowest BCUT2D eigenvalue weighted by molar-refractivity contribution is -0.115. The summed E-state index contributed by atoms with van der Waals surface area (Å²) >= 11 is 0. The van der Waals surface area contributed by atoms with Crippen molar-refractivity contribution in [1.29, 1.82) is 0 Å². The number of hydrogen-bond acceptors (Lipinski definition) is 6. The lowest BCUT2D eigenvalue weighted by atomic mass is 9.98. The third-order valence-corrected chi connectivity index (χ3v) is 7.94. The molecule has 3 N–H and O–H groups in total. The molecule has 1 amide bonds. The quantitative estimate of drug-likeness (QED) is 0.204. The monoisotopic (exact) mass is 582 g/mol. The molecule has 0 spiro atoms. The van der Waals surface area contributed by atoms with Crippen LogP contribution in [0.25, 0.3) is 55.7 Å². The number of anilines is 1. The minimum atomic E-state index is -3.18. The Morgan fingerprint density at radius 3 is 2.67 bits per heavy atom. The Balaban J connectivity index is 1.39. The summed E-state index contributed by atoms with van der Waals surface area (Å²) in [5.74, 6) is -0.578. The number of nitrogens with one attached hydrogen (secondary N) is 3. The molecule has 0 saturated carbocycles. The smallest absolute Gasteiger partial charge is 0.224 e. The van der Waals surface area contributed by atoms with Crippen LogP contribution in [0, 0.1) is 5.82 Å². The highest BCUT2D eigenvalue weighted by molar-refractivity contribution is 7.90. The third kappa shape index (κ3) is 5.64. The van der Waals surface area contributed by atoms with Crippen LogP contribution >= 0.6 is 0 Å². The summed E-state index contributed by atoms with van der Waals surface area (Å²) in [6, 6.07) is 17.9. The summed E-state index contributed by atoms with van der Waals surface area (Å²) in [4.78, 5) is 24.4. The number of H-pyrrole nitrogens is 2. The normalized spacial score (nSPS) is 11.8. The van der Waals surface area contributed by atoms with Crippen molar-refractivity contribution in [3.63, 3.8) is 0 Å². The van der Waals surface area contributed by atoms with E-state index in [1.165, 1.54) is 18.4 Å². The van der Waals surface area contributed by atoms with Gasteiger partial charge in [0.25, 0.3) is 0 Å². The maximum atomic E-state index is 14.6. The number of rotatable bonds is 8. The maximum Gasteiger partial charge on any atom is 0.224 e. The highest BCUT2D eigenvalue weighted by Gasteiger charge is 2.17. The summed E-state index contributed by atoms with van der Waals surface area (Å²) in [6.45, 7) is 1.78. The maximum absolute atomic E-state index is 14.6. The number of aryl methyl sites for hydroxylation is 1. The first-order valence-corrected chi connectivity index (χ1v) is 15.4. The average Bonchev–Trinajstić information content (AvgIpc) is 3.59.